The number of pyridine rings is 1. The van der Waals surface area contributed by atoms with Crippen molar-refractivity contribution in [3.05, 3.63) is 58.3 Å². The highest BCUT2D eigenvalue weighted by Crippen LogP contribution is 2.25. The summed E-state index contributed by atoms with van der Waals surface area (Å²) in [6, 6.07) is 10.5. The molecule has 20 heavy (non-hydrogen) atoms. The molecule has 0 aliphatic rings. The average molecular weight is 335 g/mol. The first kappa shape index (κ1) is 15.0. The van der Waals surface area contributed by atoms with Crippen LogP contribution in [0.25, 0.3) is 0 Å². The Hall–Kier alpha value is -1.39. The van der Waals surface area contributed by atoms with Crippen LogP contribution in [-0.4, -0.2) is 18.1 Å². The minimum atomic E-state index is 0.126. The summed E-state index contributed by atoms with van der Waals surface area (Å²) in [7, 11) is 0. The van der Waals surface area contributed by atoms with Gasteiger partial charge in [0.15, 0.2) is 0 Å². The lowest BCUT2D eigenvalue weighted by molar-refractivity contribution is 0.338. The van der Waals surface area contributed by atoms with Crippen molar-refractivity contribution in [2.75, 3.05) is 13.2 Å². The minimum Gasteiger partial charge on any atom is -0.492 e. The molecule has 106 valence electrons. The van der Waals surface area contributed by atoms with Gasteiger partial charge in [0.1, 0.15) is 5.75 Å². The molecule has 2 aromatic rings. The zero-order valence-corrected chi connectivity index (χ0v) is 13.4. The number of rotatable bonds is 6. The Morgan fingerprint density at radius 3 is 2.55 bits per heavy atom. The van der Waals surface area contributed by atoms with E-state index >= 15 is 0 Å². The van der Waals surface area contributed by atoms with E-state index in [0.29, 0.717) is 6.61 Å². The Balaban J connectivity index is 2.32. The van der Waals surface area contributed by atoms with Gasteiger partial charge in [-0.15, -0.1) is 0 Å². The van der Waals surface area contributed by atoms with Crippen molar-refractivity contribution >= 4 is 15.9 Å². The normalized spacial score (nSPS) is 12.2. The molecule has 0 saturated carbocycles. The van der Waals surface area contributed by atoms with Crippen LogP contribution in [0.15, 0.2) is 47.2 Å². The van der Waals surface area contributed by atoms with E-state index in [0.717, 1.165) is 22.3 Å². The number of nitrogens with one attached hydrogen (secondary N) is 1. The molecule has 0 radical (unpaired) electrons. The van der Waals surface area contributed by atoms with Crippen LogP contribution in [0.5, 0.6) is 5.75 Å². The van der Waals surface area contributed by atoms with Gasteiger partial charge in [-0.2, -0.15) is 0 Å². The van der Waals surface area contributed by atoms with E-state index in [-0.39, 0.29) is 6.04 Å². The van der Waals surface area contributed by atoms with Crippen molar-refractivity contribution in [3.8, 4) is 5.75 Å². The fourth-order valence-corrected chi connectivity index (χ4v) is 2.39. The Morgan fingerprint density at radius 1 is 1.15 bits per heavy atom. The summed E-state index contributed by atoms with van der Waals surface area (Å²) in [5.74, 6) is 0.810. The molecule has 1 heterocycles. The molecule has 4 heteroatoms. The Bertz CT molecular complexity index is 542. The van der Waals surface area contributed by atoms with Crippen molar-refractivity contribution in [1.29, 1.82) is 0 Å². The number of hydrogen-bond acceptors (Lipinski definition) is 3. The second-order valence-corrected chi connectivity index (χ2v) is 5.34. The third-order valence-corrected chi connectivity index (χ3v) is 3.52. The summed E-state index contributed by atoms with van der Waals surface area (Å²) >= 11 is 3.47. The quantitative estimate of drug-likeness (QED) is 0.868. The fraction of sp³-hybridized carbons (Fsp3) is 0.312. The Morgan fingerprint density at radius 2 is 1.90 bits per heavy atom. The summed E-state index contributed by atoms with van der Waals surface area (Å²) in [6.07, 6.45) is 3.63. The summed E-state index contributed by atoms with van der Waals surface area (Å²) < 4.78 is 6.61. The Kier molecular flexibility index (Phi) is 5.56. The second kappa shape index (κ2) is 7.41. The van der Waals surface area contributed by atoms with Crippen LogP contribution in [0.2, 0.25) is 0 Å². The molecule has 1 aromatic carbocycles. The predicted molar refractivity (Wildman–Crippen MR) is 85.1 cm³/mol. The minimum absolute atomic E-state index is 0.126. The second-order valence-electron chi connectivity index (χ2n) is 4.43. The first-order chi connectivity index (χ1) is 9.74. The first-order valence-corrected chi connectivity index (χ1v) is 7.60. The molecule has 1 aromatic heterocycles. The molecule has 0 bridgehead atoms. The standard InChI is InChI=1S/C16H19BrN2O/c1-3-19-16(12-5-7-14(17)8-6-12)13-9-15(20-4-2)11-18-10-13/h5-11,16,19H,3-4H2,1-2H3. The molecule has 3 nitrogen and oxygen atoms in total. The number of nitrogens with zero attached hydrogens (tertiary/aromatic N) is 1. The van der Waals surface area contributed by atoms with E-state index in [4.69, 9.17) is 4.74 Å². The molecule has 0 fully saturated rings. The van der Waals surface area contributed by atoms with Crippen LogP contribution >= 0.6 is 15.9 Å². The molecule has 0 aliphatic heterocycles. The van der Waals surface area contributed by atoms with Gasteiger partial charge in [0.05, 0.1) is 18.8 Å². The van der Waals surface area contributed by atoms with Gasteiger partial charge in [-0.1, -0.05) is 35.0 Å². The van der Waals surface area contributed by atoms with Gasteiger partial charge in [0.25, 0.3) is 0 Å². The molecule has 1 atom stereocenters. The number of ether oxygens (including phenoxy) is 1. The van der Waals surface area contributed by atoms with Gasteiger partial charge in [-0.25, -0.2) is 0 Å². The maximum absolute atomic E-state index is 5.53. The summed E-state index contributed by atoms with van der Waals surface area (Å²) in [5.41, 5.74) is 2.32. The van der Waals surface area contributed by atoms with Crippen molar-refractivity contribution in [1.82, 2.24) is 10.3 Å². The van der Waals surface area contributed by atoms with Gasteiger partial charge < -0.3 is 10.1 Å². The lowest BCUT2D eigenvalue weighted by atomic mass is 10.00. The molecule has 0 amide bonds. The molecule has 0 aliphatic carbocycles. The molecule has 1 unspecified atom stereocenters. The SMILES string of the molecule is CCNC(c1ccc(Br)cc1)c1cncc(OCC)c1. The number of aromatic nitrogens is 1. The van der Waals surface area contributed by atoms with Crippen LogP contribution in [0, 0.1) is 0 Å². The molecule has 0 spiro atoms. The molecule has 0 saturated heterocycles. The zero-order chi connectivity index (χ0) is 14.4. The first-order valence-electron chi connectivity index (χ1n) is 6.81. The molecular weight excluding hydrogens is 316 g/mol. The highest BCUT2D eigenvalue weighted by Gasteiger charge is 2.14. The van der Waals surface area contributed by atoms with Gasteiger partial charge in [0.2, 0.25) is 0 Å². The van der Waals surface area contributed by atoms with E-state index in [1.54, 1.807) is 6.20 Å². The van der Waals surface area contributed by atoms with Gasteiger partial charge in [-0.05, 0) is 42.8 Å². The van der Waals surface area contributed by atoms with Crippen molar-refractivity contribution in [2.24, 2.45) is 0 Å². The molecular formula is C16H19BrN2O. The maximum Gasteiger partial charge on any atom is 0.137 e. The lowest BCUT2D eigenvalue weighted by Gasteiger charge is -2.19. The van der Waals surface area contributed by atoms with Crippen LogP contribution in [0.4, 0.5) is 0 Å². The number of halogens is 1. The lowest BCUT2D eigenvalue weighted by Crippen LogP contribution is -2.22. The number of hydrogen-bond donors (Lipinski definition) is 1. The van der Waals surface area contributed by atoms with Gasteiger partial charge in [-0.3, -0.25) is 4.98 Å². The largest absolute Gasteiger partial charge is 0.492 e. The summed E-state index contributed by atoms with van der Waals surface area (Å²) in [4.78, 5) is 4.28. The van der Waals surface area contributed by atoms with Crippen LogP contribution in [-0.2, 0) is 0 Å². The Labute approximate surface area is 128 Å². The molecule has 1 N–H and O–H groups in total. The van der Waals surface area contributed by atoms with Crippen LogP contribution in [0.1, 0.15) is 31.0 Å². The highest BCUT2D eigenvalue weighted by atomic mass is 79.9. The maximum atomic E-state index is 5.53. The van der Waals surface area contributed by atoms with E-state index < -0.39 is 0 Å². The predicted octanol–water partition coefficient (Wildman–Crippen LogP) is 3.94. The smallest absolute Gasteiger partial charge is 0.137 e. The summed E-state index contributed by atoms with van der Waals surface area (Å²) in [6.45, 7) is 5.61. The van der Waals surface area contributed by atoms with Crippen molar-refractivity contribution in [2.45, 2.75) is 19.9 Å². The van der Waals surface area contributed by atoms with Gasteiger partial charge >= 0.3 is 0 Å². The van der Waals surface area contributed by atoms with E-state index in [1.807, 2.05) is 19.2 Å². The van der Waals surface area contributed by atoms with Crippen molar-refractivity contribution < 1.29 is 4.74 Å². The van der Waals surface area contributed by atoms with Crippen molar-refractivity contribution in [3.63, 3.8) is 0 Å². The zero-order valence-electron chi connectivity index (χ0n) is 11.8. The topological polar surface area (TPSA) is 34.2 Å². The van der Waals surface area contributed by atoms with Crippen LogP contribution < -0.4 is 10.1 Å². The van der Waals surface area contributed by atoms with Crippen LogP contribution in [0.3, 0.4) is 0 Å². The monoisotopic (exact) mass is 334 g/mol. The third-order valence-electron chi connectivity index (χ3n) is 2.99. The van der Waals surface area contributed by atoms with E-state index in [1.165, 1.54) is 5.56 Å². The average Bonchev–Trinajstić information content (AvgIpc) is 2.47. The third kappa shape index (κ3) is 3.81. The number of benzene rings is 1. The highest BCUT2D eigenvalue weighted by molar-refractivity contribution is 9.10. The summed E-state index contributed by atoms with van der Waals surface area (Å²) in [5, 5.41) is 3.49. The van der Waals surface area contributed by atoms with E-state index in [2.05, 4.69) is 57.4 Å². The molecule has 2 rings (SSSR count). The fourth-order valence-electron chi connectivity index (χ4n) is 2.13. The van der Waals surface area contributed by atoms with Gasteiger partial charge in [0, 0.05) is 10.7 Å². The van der Waals surface area contributed by atoms with E-state index in [9.17, 15) is 0 Å².